The Bertz CT molecular complexity index is 1080. The van der Waals surface area contributed by atoms with Gasteiger partial charge in [0.05, 0.1) is 11.3 Å². The van der Waals surface area contributed by atoms with Crippen LogP contribution in [0, 0.1) is 13.8 Å². The highest BCUT2D eigenvalue weighted by Crippen LogP contribution is 2.36. The summed E-state index contributed by atoms with van der Waals surface area (Å²) in [6, 6.07) is 4.86. The van der Waals surface area contributed by atoms with Gasteiger partial charge in [0.1, 0.15) is 4.90 Å². The van der Waals surface area contributed by atoms with Crippen molar-refractivity contribution in [3.63, 3.8) is 0 Å². The van der Waals surface area contributed by atoms with Crippen molar-refractivity contribution in [2.45, 2.75) is 44.4 Å². The minimum atomic E-state index is -4.00. The third-order valence-corrected chi connectivity index (χ3v) is 7.47. The van der Waals surface area contributed by atoms with Gasteiger partial charge >= 0.3 is 0 Å². The Labute approximate surface area is 176 Å². The number of likely N-dealkylation sites (tertiary alicyclic amines) is 1. The molecular weight excluding hydrogens is 406 g/mol. The van der Waals surface area contributed by atoms with Crippen LogP contribution in [0.3, 0.4) is 0 Å². The molecule has 9 heteroatoms. The highest BCUT2D eigenvalue weighted by atomic mass is 32.2. The third kappa shape index (κ3) is 3.62. The van der Waals surface area contributed by atoms with Gasteiger partial charge in [0, 0.05) is 37.6 Å². The number of carbonyl (C=O) groups excluding carboxylic acids is 1. The maximum Gasteiger partial charge on any atom is 0.264 e. The van der Waals surface area contributed by atoms with Crippen LogP contribution in [0.25, 0.3) is 0 Å². The quantitative estimate of drug-likeness (QED) is 0.800. The molecule has 1 aromatic carbocycles. The summed E-state index contributed by atoms with van der Waals surface area (Å²) in [7, 11) is -2.22. The number of amides is 1. The molecule has 2 aliphatic rings. The molecule has 1 amide bonds. The van der Waals surface area contributed by atoms with Crippen molar-refractivity contribution in [1.82, 2.24) is 9.47 Å². The predicted molar refractivity (Wildman–Crippen MR) is 113 cm³/mol. The van der Waals surface area contributed by atoms with E-state index in [0.717, 1.165) is 25.7 Å². The highest BCUT2D eigenvalue weighted by Gasteiger charge is 2.33. The molecule has 1 N–H and O–H groups in total. The number of hydrogen-bond acceptors (Lipinski definition) is 5. The Kier molecular flexibility index (Phi) is 5.40. The Morgan fingerprint density at radius 3 is 2.37 bits per heavy atom. The molecule has 4 rings (SSSR count). The molecule has 0 spiro atoms. The summed E-state index contributed by atoms with van der Waals surface area (Å²) in [5.74, 6) is 0.836. The fourth-order valence-electron chi connectivity index (χ4n) is 4.10. The molecule has 162 valence electrons. The number of carbonyl (C=O) groups is 1. The van der Waals surface area contributed by atoms with Gasteiger partial charge in [-0.05, 0) is 38.8 Å². The molecule has 8 nitrogen and oxygen atoms in total. The van der Waals surface area contributed by atoms with Crippen LogP contribution in [-0.2, 0) is 17.1 Å². The Balaban J connectivity index is 1.72. The lowest BCUT2D eigenvalue weighted by Crippen LogP contribution is -2.33. The van der Waals surface area contributed by atoms with Gasteiger partial charge in [-0.15, -0.1) is 0 Å². The number of sulfonamides is 1. The van der Waals surface area contributed by atoms with E-state index in [1.165, 1.54) is 0 Å². The Morgan fingerprint density at radius 2 is 1.67 bits per heavy atom. The molecule has 3 heterocycles. The number of nitrogens with zero attached hydrogens (tertiary/aromatic N) is 2. The van der Waals surface area contributed by atoms with Crippen LogP contribution in [0.2, 0.25) is 0 Å². The van der Waals surface area contributed by atoms with E-state index in [9.17, 15) is 13.2 Å². The molecule has 1 saturated heterocycles. The van der Waals surface area contributed by atoms with Crippen molar-refractivity contribution in [2.75, 3.05) is 24.6 Å². The van der Waals surface area contributed by atoms with E-state index in [1.807, 2.05) is 0 Å². The maximum atomic E-state index is 13.4. The summed E-state index contributed by atoms with van der Waals surface area (Å²) >= 11 is 0. The van der Waals surface area contributed by atoms with E-state index in [-0.39, 0.29) is 23.2 Å². The zero-order valence-corrected chi connectivity index (χ0v) is 18.3. The maximum absolute atomic E-state index is 13.4. The molecule has 0 atom stereocenters. The lowest BCUT2D eigenvalue weighted by atomic mass is 10.2. The summed E-state index contributed by atoms with van der Waals surface area (Å²) < 4.78 is 41.8. The Hall–Kier alpha value is -2.68. The average molecular weight is 434 g/mol. The number of ether oxygens (including phenoxy) is 2. The van der Waals surface area contributed by atoms with Gasteiger partial charge in [-0.1, -0.05) is 12.8 Å². The van der Waals surface area contributed by atoms with Crippen LogP contribution in [0.4, 0.5) is 5.69 Å². The number of fused-ring (bicyclic) bond motifs is 1. The van der Waals surface area contributed by atoms with Gasteiger partial charge in [0.15, 0.2) is 11.5 Å². The second kappa shape index (κ2) is 7.86. The summed E-state index contributed by atoms with van der Waals surface area (Å²) in [4.78, 5) is 15.2. The smallest absolute Gasteiger partial charge is 0.264 e. The first-order valence-electron chi connectivity index (χ1n) is 10.2. The fourth-order valence-corrected chi connectivity index (χ4v) is 5.66. The van der Waals surface area contributed by atoms with Gasteiger partial charge in [-0.25, -0.2) is 8.42 Å². The number of rotatable bonds is 4. The van der Waals surface area contributed by atoms with Crippen molar-refractivity contribution in [3.05, 3.63) is 35.2 Å². The zero-order valence-electron chi connectivity index (χ0n) is 17.5. The third-order valence-electron chi connectivity index (χ3n) is 5.92. The summed E-state index contributed by atoms with van der Waals surface area (Å²) in [5, 5.41) is 0. The normalized spacial score (nSPS) is 16.4. The molecule has 1 fully saturated rings. The van der Waals surface area contributed by atoms with Crippen LogP contribution in [0.5, 0.6) is 11.5 Å². The first-order chi connectivity index (χ1) is 14.3. The van der Waals surface area contributed by atoms with Crippen molar-refractivity contribution >= 4 is 21.6 Å². The number of hydrogen-bond donors (Lipinski definition) is 1. The van der Waals surface area contributed by atoms with Gasteiger partial charge < -0.3 is 18.9 Å². The minimum Gasteiger partial charge on any atom is -0.454 e. The van der Waals surface area contributed by atoms with Gasteiger partial charge in [-0.2, -0.15) is 0 Å². The van der Waals surface area contributed by atoms with Crippen LogP contribution in [-0.4, -0.2) is 43.7 Å². The van der Waals surface area contributed by atoms with E-state index in [2.05, 4.69) is 4.72 Å². The number of aromatic nitrogens is 1. The number of nitrogens with one attached hydrogen (secondary N) is 1. The molecule has 0 unspecified atom stereocenters. The predicted octanol–water partition coefficient (Wildman–Crippen LogP) is 3.19. The molecule has 0 radical (unpaired) electrons. The summed E-state index contributed by atoms with van der Waals surface area (Å²) in [6.07, 6.45) is 4.06. The lowest BCUT2D eigenvalue weighted by Gasteiger charge is -2.21. The van der Waals surface area contributed by atoms with Crippen molar-refractivity contribution in [3.8, 4) is 11.5 Å². The molecule has 2 aromatic rings. The molecule has 2 aliphatic heterocycles. The topological polar surface area (TPSA) is 89.9 Å². The van der Waals surface area contributed by atoms with Crippen LogP contribution < -0.4 is 14.2 Å². The monoisotopic (exact) mass is 433 g/mol. The molecular formula is C21H27N3O5S. The van der Waals surface area contributed by atoms with E-state index in [4.69, 9.17) is 9.47 Å². The van der Waals surface area contributed by atoms with E-state index < -0.39 is 10.0 Å². The first kappa shape index (κ1) is 20.6. The number of anilines is 1. The standard InChI is InChI=1S/C21H27N3O5S/c1-14-19(21(25)24-10-6-4-5-7-11-24)20(15(2)23(14)3)30(26,27)22-16-8-9-17-18(12-16)29-13-28-17/h8-9,12,22H,4-7,10-11,13H2,1-3H3. The second-order valence-electron chi connectivity index (χ2n) is 7.81. The van der Waals surface area contributed by atoms with E-state index in [1.54, 1.807) is 48.6 Å². The van der Waals surface area contributed by atoms with Gasteiger partial charge in [0.25, 0.3) is 15.9 Å². The lowest BCUT2D eigenvalue weighted by molar-refractivity contribution is 0.0757. The summed E-state index contributed by atoms with van der Waals surface area (Å²) in [6.45, 7) is 4.93. The first-order valence-corrected chi connectivity index (χ1v) is 11.7. The second-order valence-corrected chi connectivity index (χ2v) is 9.43. The van der Waals surface area contributed by atoms with E-state index in [0.29, 0.717) is 41.7 Å². The molecule has 30 heavy (non-hydrogen) atoms. The van der Waals surface area contributed by atoms with Crippen molar-refractivity contribution < 1.29 is 22.7 Å². The molecule has 1 aromatic heterocycles. The van der Waals surface area contributed by atoms with Gasteiger partial charge in [-0.3, -0.25) is 9.52 Å². The van der Waals surface area contributed by atoms with Gasteiger partial charge in [0.2, 0.25) is 6.79 Å². The van der Waals surface area contributed by atoms with Crippen molar-refractivity contribution in [2.24, 2.45) is 7.05 Å². The largest absolute Gasteiger partial charge is 0.454 e. The Morgan fingerprint density at radius 1 is 1.00 bits per heavy atom. The molecule has 0 bridgehead atoms. The van der Waals surface area contributed by atoms with Crippen LogP contribution in [0.1, 0.15) is 47.4 Å². The molecule has 0 aliphatic carbocycles. The van der Waals surface area contributed by atoms with E-state index >= 15 is 0 Å². The SMILES string of the molecule is Cc1c(C(=O)N2CCCCCC2)c(S(=O)(=O)Nc2ccc3c(c2)OCO3)c(C)n1C. The zero-order chi connectivity index (χ0) is 21.5. The highest BCUT2D eigenvalue weighted by molar-refractivity contribution is 7.92. The average Bonchev–Trinajstić information content (AvgIpc) is 3.12. The van der Waals surface area contributed by atoms with Crippen molar-refractivity contribution in [1.29, 1.82) is 0 Å². The van der Waals surface area contributed by atoms with Crippen LogP contribution >= 0.6 is 0 Å². The van der Waals surface area contributed by atoms with Crippen LogP contribution in [0.15, 0.2) is 23.1 Å². The minimum absolute atomic E-state index is 0.0365. The molecule has 0 saturated carbocycles. The number of benzene rings is 1. The summed E-state index contributed by atoms with van der Waals surface area (Å²) in [5.41, 5.74) is 1.78. The fraction of sp³-hybridized carbons (Fsp3) is 0.476.